The van der Waals surface area contributed by atoms with Crippen LogP contribution in [0.1, 0.15) is 36.2 Å². The molecule has 0 aliphatic heterocycles. The number of hydrogen-bond acceptors (Lipinski definition) is 3. The van der Waals surface area contributed by atoms with Gasteiger partial charge < -0.3 is 9.84 Å². The zero-order chi connectivity index (χ0) is 19.2. The van der Waals surface area contributed by atoms with Crippen LogP contribution in [-0.2, 0) is 11.2 Å². The number of aryl methyl sites for hydroxylation is 1. The molecule has 0 heterocycles. The molecular weight excluding hydrogens is 340 g/mol. The molecule has 136 valence electrons. The van der Waals surface area contributed by atoms with Crippen LogP contribution in [0.4, 0.5) is 0 Å². The van der Waals surface area contributed by atoms with Crippen molar-refractivity contribution in [2.75, 3.05) is 0 Å². The second-order valence-electron chi connectivity index (χ2n) is 7.37. The van der Waals surface area contributed by atoms with Gasteiger partial charge in [0, 0.05) is 17.5 Å². The number of hydrogen-bond donors (Lipinski definition) is 1. The summed E-state index contributed by atoms with van der Waals surface area (Å²) in [4.78, 5) is 23.8. The van der Waals surface area contributed by atoms with Gasteiger partial charge in [-0.1, -0.05) is 42.5 Å². The molecule has 3 aromatic rings. The number of carboxylic acid groups (broad SMARTS) is 1. The summed E-state index contributed by atoms with van der Waals surface area (Å²) in [7, 11) is 0. The van der Waals surface area contributed by atoms with Gasteiger partial charge in [0.2, 0.25) is 0 Å². The lowest BCUT2D eigenvalue weighted by Gasteiger charge is -2.24. The Kier molecular flexibility index (Phi) is 3.99. The van der Waals surface area contributed by atoms with Crippen LogP contribution >= 0.6 is 0 Å². The minimum Gasteiger partial charge on any atom is -0.478 e. The van der Waals surface area contributed by atoms with Crippen LogP contribution in [-0.4, -0.2) is 22.5 Å². The second-order valence-corrected chi connectivity index (χ2v) is 7.37. The van der Waals surface area contributed by atoms with Crippen molar-refractivity contribution < 1.29 is 19.4 Å². The van der Waals surface area contributed by atoms with Crippen LogP contribution < -0.4 is 4.74 Å². The quantitative estimate of drug-likeness (QED) is 0.720. The van der Waals surface area contributed by atoms with Gasteiger partial charge in [-0.05, 0) is 54.3 Å². The third-order valence-electron chi connectivity index (χ3n) is 5.09. The van der Waals surface area contributed by atoms with Crippen LogP contribution in [0.5, 0.6) is 5.75 Å². The Hall–Kier alpha value is -3.14. The lowest BCUT2D eigenvalue weighted by molar-refractivity contribution is -0.152. The summed E-state index contributed by atoms with van der Waals surface area (Å²) in [5, 5.41) is 11.6. The van der Waals surface area contributed by atoms with Gasteiger partial charge in [0.15, 0.2) is 11.4 Å². The van der Waals surface area contributed by atoms with Crippen molar-refractivity contribution in [3.8, 4) is 16.9 Å². The first-order chi connectivity index (χ1) is 12.9. The average molecular weight is 360 g/mol. The highest BCUT2D eigenvalue weighted by molar-refractivity contribution is 6.03. The molecule has 0 fully saturated rings. The number of aliphatic carboxylic acids is 1. The molecule has 0 atom stereocenters. The molecule has 0 unspecified atom stereocenters. The fraction of sp³-hybridized carbons (Fsp3) is 0.217. The Morgan fingerprint density at radius 2 is 1.70 bits per heavy atom. The third-order valence-corrected chi connectivity index (χ3v) is 5.09. The van der Waals surface area contributed by atoms with Gasteiger partial charge in [0.1, 0.15) is 5.75 Å². The fourth-order valence-corrected chi connectivity index (χ4v) is 3.55. The van der Waals surface area contributed by atoms with E-state index in [9.17, 15) is 14.7 Å². The SMILES string of the molecule is CC(C)(Oc1cc2c(cc1-c1cccc3ccccc13)CCC2=O)C(=O)O. The van der Waals surface area contributed by atoms with Crippen LogP contribution in [0.2, 0.25) is 0 Å². The predicted molar refractivity (Wildman–Crippen MR) is 104 cm³/mol. The number of benzene rings is 3. The Morgan fingerprint density at radius 3 is 2.48 bits per heavy atom. The number of carbonyl (C=O) groups is 2. The molecule has 27 heavy (non-hydrogen) atoms. The number of carboxylic acids is 1. The van der Waals surface area contributed by atoms with Crippen molar-refractivity contribution in [1.29, 1.82) is 0 Å². The van der Waals surface area contributed by atoms with E-state index in [0.29, 0.717) is 24.2 Å². The highest BCUT2D eigenvalue weighted by atomic mass is 16.5. The van der Waals surface area contributed by atoms with Gasteiger partial charge in [-0.2, -0.15) is 0 Å². The Morgan fingerprint density at radius 1 is 0.963 bits per heavy atom. The Balaban J connectivity index is 1.96. The molecule has 1 aliphatic carbocycles. The summed E-state index contributed by atoms with van der Waals surface area (Å²) in [5.41, 5.74) is 1.99. The van der Waals surface area contributed by atoms with Crippen molar-refractivity contribution in [1.82, 2.24) is 0 Å². The Bertz CT molecular complexity index is 1070. The summed E-state index contributed by atoms with van der Waals surface area (Å²) in [6.07, 6.45) is 1.19. The molecule has 3 aromatic carbocycles. The van der Waals surface area contributed by atoms with Crippen molar-refractivity contribution in [2.24, 2.45) is 0 Å². The maximum Gasteiger partial charge on any atom is 0.347 e. The molecule has 0 spiro atoms. The van der Waals surface area contributed by atoms with E-state index >= 15 is 0 Å². The summed E-state index contributed by atoms with van der Waals surface area (Å²) < 4.78 is 5.92. The van der Waals surface area contributed by atoms with E-state index in [0.717, 1.165) is 27.5 Å². The van der Waals surface area contributed by atoms with E-state index in [1.54, 1.807) is 6.07 Å². The number of carbonyl (C=O) groups excluding carboxylic acids is 1. The highest BCUT2D eigenvalue weighted by Gasteiger charge is 2.32. The molecular formula is C23H20O4. The average Bonchev–Trinajstić information content (AvgIpc) is 3.00. The van der Waals surface area contributed by atoms with Crippen LogP contribution in [0.15, 0.2) is 54.6 Å². The lowest BCUT2D eigenvalue weighted by atomic mass is 9.94. The number of fused-ring (bicyclic) bond motifs is 2. The standard InChI is InChI=1S/C23H20O4/c1-23(2,22(25)26)27-21-13-18-15(10-11-20(18)24)12-19(21)17-9-5-7-14-6-3-4-8-16(14)17/h3-9,12-13H,10-11H2,1-2H3,(H,25,26). The van der Waals surface area contributed by atoms with Crippen molar-refractivity contribution in [3.05, 3.63) is 65.7 Å². The molecule has 0 saturated carbocycles. The molecule has 1 N–H and O–H groups in total. The molecule has 0 aromatic heterocycles. The second kappa shape index (κ2) is 6.23. The first-order valence-corrected chi connectivity index (χ1v) is 8.97. The van der Waals surface area contributed by atoms with Crippen LogP contribution in [0, 0.1) is 0 Å². The minimum absolute atomic E-state index is 0.0763. The van der Waals surface area contributed by atoms with Gasteiger partial charge in [0.05, 0.1) is 0 Å². The zero-order valence-electron chi connectivity index (χ0n) is 15.3. The summed E-state index contributed by atoms with van der Waals surface area (Å²) >= 11 is 0. The van der Waals surface area contributed by atoms with Gasteiger partial charge in [-0.3, -0.25) is 4.79 Å². The molecule has 0 saturated heterocycles. The van der Waals surface area contributed by atoms with Gasteiger partial charge in [0.25, 0.3) is 0 Å². The van der Waals surface area contributed by atoms with E-state index in [4.69, 9.17) is 4.74 Å². The first kappa shape index (κ1) is 17.3. The van der Waals surface area contributed by atoms with Gasteiger partial charge >= 0.3 is 5.97 Å². The zero-order valence-corrected chi connectivity index (χ0v) is 15.3. The summed E-state index contributed by atoms with van der Waals surface area (Å²) in [5.74, 6) is -0.557. The largest absolute Gasteiger partial charge is 0.478 e. The topological polar surface area (TPSA) is 63.6 Å². The normalized spacial score (nSPS) is 13.6. The lowest BCUT2D eigenvalue weighted by Crippen LogP contribution is -2.38. The van der Waals surface area contributed by atoms with E-state index < -0.39 is 11.6 Å². The Labute approximate surface area is 157 Å². The predicted octanol–water partition coefficient (Wildman–Crippen LogP) is 4.88. The minimum atomic E-state index is -1.41. The molecule has 1 aliphatic rings. The number of Topliss-reactive ketones (excluding diaryl/α,β-unsaturated/α-hetero) is 1. The van der Waals surface area contributed by atoms with Crippen molar-refractivity contribution in [2.45, 2.75) is 32.3 Å². The van der Waals surface area contributed by atoms with E-state index in [1.165, 1.54) is 13.8 Å². The maximum atomic E-state index is 12.2. The number of ketones is 1. The molecule has 4 nitrogen and oxygen atoms in total. The summed E-state index contributed by atoms with van der Waals surface area (Å²) in [6.45, 7) is 3.02. The fourth-order valence-electron chi connectivity index (χ4n) is 3.55. The number of ether oxygens (including phenoxy) is 1. The van der Waals surface area contributed by atoms with E-state index in [2.05, 4.69) is 0 Å². The summed E-state index contributed by atoms with van der Waals surface area (Å²) in [6, 6.07) is 17.7. The van der Waals surface area contributed by atoms with Crippen molar-refractivity contribution >= 4 is 22.5 Å². The molecule has 0 amide bonds. The van der Waals surface area contributed by atoms with E-state index in [1.807, 2.05) is 48.5 Å². The molecule has 4 heteroatoms. The number of rotatable bonds is 4. The maximum absolute atomic E-state index is 12.2. The third kappa shape index (κ3) is 2.97. The van der Waals surface area contributed by atoms with Gasteiger partial charge in [-0.25, -0.2) is 4.79 Å². The van der Waals surface area contributed by atoms with Crippen LogP contribution in [0.3, 0.4) is 0 Å². The molecule has 0 radical (unpaired) electrons. The monoisotopic (exact) mass is 360 g/mol. The van der Waals surface area contributed by atoms with Gasteiger partial charge in [-0.15, -0.1) is 0 Å². The highest BCUT2D eigenvalue weighted by Crippen LogP contribution is 2.40. The van der Waals surface area contributed by atoms with Crippen LogP contribution in [0.25, 0.3) is 21.9 Å². The first-order valence-electron chi connectivity index (χ1n) is 8.97. The van der Waals surface area contributed by atoms with E-state index in [-0.39, 0.29) is 5.78 Å². The van der Waals surface area contributed by atoms with Crippen molar-refractivity contribution in [3.63, 3.8) is 0 Å². The molecule has 0 bridgehead atoms. The smallest absolute Gasteiger partial charge is 0.347 e. The molecule has 4 rings (SSSR count).